The number of hydrogen-bond donors (Lipinski definition) is 1. The highest BCUT2D eigenvalue weighted by Gasteiger charge is 2.28. The van der Waals surface area contributed by atoms with E-state index in [1.807, 2.05) is 6.07 Å². The number of hydrogen-bond acceptors (Lipinski definition) is 2. The molecule has 2 unspecified atom stereocenters. The monoisotopic (exact) mass is 276 g/mol. The van der Waals surface area contributed by atoms with Crippen LogP contribution in [0.3, 0.4) is 0 Å². The van der Waals surface area contributed by atoms with Gasteiger partial charge in [0.05, 0.1) is 0 Å². The Labute approximate surface area is 121 Å². The molecule has 0 bridgehead atoms. The third-order valence-electron chi connectivity index (χ3n) is 4.87. The van der Waals surface area contributed by atoms with Gasteiger partial charge in [-0.2, -0.15) is 0 Å². The van der Waals surface area contributed by atoms with Crippen LogP contribution in [-0.4, -0.2) is 25.7 Å². The number of nitrogens with zero attached hydrogens (tertiary/aromatic N) is 1. The van der Waals surface area contributed by atoms with E-state index in [4.69, 9.17) is 0 Å². The normalized spacial score (nSPS) is 25.8. The summed E-state index contributed by atoms with van der Waals surface area (Å²) in [4.78, 5) is 2.40. The summed E-state index contributed by atoms with van der Waals surface area (Å²) in [6.45, 7) is 5.36. The molecule has 0 spiro atoms. The molecule has 0 amide bonds. The molecule has 1 aliphatic heterocycles. The van der Waals surface area contributed by atoms with E-state index in [0.29, 0.717) is 12.0 Å². The van der Waals surface area contributed by atoms with Crippen molar-refractivity contribution in [3.63, 3.8) is 0 Å². The van der Waals surface area contributed by atoms with Crippen molar-refractivity contribution < 1.29 is 4.39 Å². The van der Waals surface area contributed by atoms with E-state index < -0.39 is 0 Å². The number of fused-ring (bicyclic) bond motifs is 1. The molecule has 2 atom stereocenters. The fourth-order valence-corrected chi connectivity index (χ4v) is 3.85. The second-order valence-electron chi connectivity index (χ2n) is 6.18. The number of rotatable bonds is 4. The topological polar surface area (TPSA) is 15.3 Å². The molecule has 1 aliphatic carbocycles. The molecule has 1 aromatic rings. The van der Waals surface area contributed by atoms with E-state index >= 15 is 0 Å². The van der Waals surface area contributed by atoms with Gasteiger partial charge in [0, 0.05) is 24.8 Å². The van der Waals surface area contributed by atoms with Crippen LogP contribution < -0.4 is 10.2 Å². The molecule has 0 radical (unpaired) electrons. The Morgan fingerprint density at radius 2 is 2.15 bits per heavy atom. The Bertz CT molecular complexity index is 458. The predicted octanol–water partition coefficient (Wildman–Crippen LogP) is 3.36. The molecule has 1 fully saturated rings. The molecular formula is C17H25FN2. The Morgan fingerprint density at radius 1 is 1.30 bits per heavy atom. The van der Waals surface area contributed by atoms with Crippen LogP contribution in [0.5, 0.6) is 0 Å². The molecule has 1 N–H and O–H groups in total. The molecule has 2 nitrogen and oxygen atoms in total. The summed E-state index contributed by atoms with van der Waals surface area (Å²) in [6, 6.07) is 5.90. The average Bonchev–Trinajstić information content (AvgIpc) is 2.84. The summed E-state index contributed by atoms with van der Waals surface area (Å²) < 4.78 is 13.5. The van der Waals surface area contributed by atoms with Crippen LogP contribution in [0.1, 0.15) is 38.2 Å². The van der Waals surface area contributed by atoms with Crippen LogP contribution in [0, 0.1) is 11.7 Å². The summed E-state index contributed by atoms with van der Waals surface area (Å²) in [7, 11) is 0. The number of nitrogens with one attached hydrogen (secondary N) is 1. The molecule has 0 aromatic heterocycles. The van der Waals surface area contributed by atoms with E-state index in [9.17, 15) is 4.39 Å². The summed E-state index contributed by atoms with van der Waals surface area (Å²) >= 11 is 0. The van der Waals surface area contributed by atoms with E-state index in [1.54, 1.807) is 12.1 Å². The maximum Gasteiger partial charge on any atom is 0.125 e. The zero-order valence-corrected chi connectivity index (χ0v) is 12.4. The van der Waals surface area contributed by atoms with E-state index in [1.165, 1.54) is 31.2 Å². The van der Waals surface area contributed by atoms with Gasteiger partial charge in [-0.05, 0) is 49.4 Å². The van der Waals surface area contributed by atoms with E-state index in [0.717, 1.165) is 31.7 Å². The van der Waals surface area contributed by atoms with Crippen molar-refractivity contribution in [1.82, 2.24) is 5.32 Å². The minimum Gasteiger partial charge on any atom is -0.371 e. The van der Waals surface area contributed by atoms with Gasteiger partial charge in [-0.25, -0.2) is 4.39 Å². The van der Waals surface area contributed by atoms with E-state index in [2.05, 4.69) is 17.1 Å². The fourth-order valence-electron chi connectivity index (χ4n) is 3.85. The first kappa shape index (κ1) is 13.9. The van der Waals surface area contributed by atoms with Crippen LogP contribution in [0.2, 0.25) is 0 Å². The van der Waals surface area contributed by atoms with Crippen LogP contribution in [0.15, 0.2) is 18.2 Å². The minimum atomic E-state index is -0.109. The molecule has 3 heteroatoms. The van der Waals surface area contributed by atoms with Crippen LogP contribution in [-0.2, 0) is 6.42 Å². The first-order valence-corrected chi connectivity index (χ1v) is 8.04. The lowest BCUT2D eigenvalue weighted by Crippen LogP contribution is -2.44. The SMILES string of the molecule is CCNC1CCCCC1CN1CCc2ccc(F)cc21. The predicted molar refractivity (Wildman–Crippen MR) is 81.7 cm³/mol. The molecule has 0 saturated heterocycles. The van der Waals surface area contributed by atoms with Crippen molar-refractivity contribution in [3.8, 4) is 0 Å². The number of halogens is 1. The standard InChI is InChI=1S/C17H25FN2/c1-2-19-16-6-4-3-5-14(16)12-20-10-9-13-7-8-15(18)11-17(13)20/h7-8,11,14,16,19H,2-6,9-10,12H2,1H3. The first-order valence-electron chi connectivity index (χ1n) is 8.04. The lowest BCUT2D eigenvalue weighted by atomic mass is 9.84. The summed E-state index contributed by atoms with van der Waals surface area (Å²) in [5, 5.41) is 3.64. The molecule has 110 valence electrons. The van der Waals surface area contributed by atoms with Gasteiger partial charge in [-0.1, -0.05) is 25.8 Å². The molecule has 1 saturated carbocycles. The highest BCUT2D eigenvalue weighted by atomic mass is 19.1. The van der Waals surface area contributed by atoms with Crippen LogP contribution in [0.4, 0.5) is 10.1 Å². The lowest BCUT2D eigenvalue weighted by molar-refractivity contribution is 0.268. The lowest BCUT2D eigenvalue weighted by Gasteiger charge is -2.35. The molecular weight excluding hydrogens is 251 g/mol. The van der Waals surface area contributed by atoms with Gasteiger partial charge in [0.1, 0.15) is 5.82 Å². The van der Waals surface area contributed by atoms with Crippen molar-refractivity contribution in [2.24, 2.45) is 5.92 Å². The van der Waals surface area contributed by atoms with Gasteiger partial charge in [-0.3, -0.25) is 0 Å². The Hall–Kier alpha value is -1.09. The average molecular weight is 276 g/mol. The highest BCUT2D eigenvalue weighted by Crippen LogP contribution is 2.32. The molecule has 1 heterocycles. The molecule has 1 aromatic carbocycles. The van der Waals surface area contributed by atoms with Gasteiger partial charge >= 0.3 is 0 Å². The minimum absolute atomic E-state index is 0.109. The number of benzene rings is 1. The van der Waals surface area contributed by atoms with Gasteiger partial charge in [0.25, 0.3) is 0 Å². The van der Waals surface area contributed by atoms with Gasteiger partial charge in [-0.15, -0.1) is 0 Å². The maximum atomic E-state index is 13.5. The van der Waals surface area contributed by atoms with Crippen molar-refractivity contribution in [2.45, 2.75) is 45.1 Å². The van der Waals surface area contributed by atoms with Crippen molar-refractivity contribution in [1.29, 1.82) is 0 Å². The third kappa shape index (κ3) is 2.83. The Kier molecular flexibility index (Phi) is 4.25. The van der Waals surface area contributed by atoms with Crippen LogP contribution in [0.25, 0.3) is 0 Å². The Morgan fingerprint density at radius 3 is 3.00 bits per heavy atom. The zero-order valence-electron chi connectivity index (χ0n) is 12.4. The second-order valence-corrected chi connectivity index (χ2v) is 6.18. The summed E-state index contributed by atoms with van der Waals surface area (Å²) in [5.74, 6) is 0.598. The van der Waals surface area contributed by atoms with Crippen LogP contribution >= 0.6 is 0 Å². The van der Waals surface area contributed by atoms with Crippen molar-refractivity contribution in [3.05, 3.63) is 29.6 Å². The van der Waals surface area contributed by atoms with E-state index in [-0.39, 0.29) is 5.82 Å². The second kappa shape index (κ2) is 6.13. The summed E-state index contributed by atoms with van der Waals surface area (Å²) in [6.07, 6.45) is 6.35. The summed E-state index contributed by atoms with van der Waals surface area (Å²) in [5.41, 5.74) is 2.44. The van der Waals surface area contributed by atoms with Gasteiger partial charge in [0.2, 0.25) is 0 Å². The van der Waals surface area contributed by atoms with Gasteiger partial charge < -0.3 is 10.2 Å². The highest BCUT2D eigenvalue weighted by molar-refractivity contribution is 5.58. The molecule has 2 aliphatic rings. The fraction of sp³-hybridized carbons (Fsp3) is 0.647. The zero-order chi connectivity index (χ0) is 13.9. The van der Waals surface area contributed by atoms with Gasteiger partial charge in [0.15, 0.2) is 0 Å². The molecule has 3 rings (SSSR count). The smallest absolute Gasteiger partial charge is 0.125 e. The van der Waals surface area contributed by atoms with Crippen molar-refractivity contribution >= 4 is 5.69 Å². The quantitative estimate of drug-likeness (QED) is 0.907. The molecule has 20 heavy (non-hydrogen) atoms. The Balaban J connectivity index is 1.70. The number of anilines is 1. The largest absolute Gasteiger partial charge is 0.371 e. The van der Waals surface area contributed by atoms with Crippen molar-refractivity contribution in [2.75, 3.05) is 24.5 Å². The first-order chi connectivity index (χ1) is 9.78. The third-order valence-corrected chi connectivity index (χ3v) is 4.87. The maximum absolute atomic E-state index is 13.5.